The highest BCUT2D eigenvalue weighted by molar-refractivity contribution is 6.04. The Morgan fingerprint density at radius 2 is 1.18 bits per heavy atom. The third kappa shape index (κ3) is 7.49. The fourth-order valence-corrected chi connectivity index (χ4v) is 11.7. The normalized spacial score (nSPS) is 28.0. The molecule has 6 heterocycles. The minimum absolute atomic E-state index is 0.00133. The summed E-state index contributed by atoms with van der Waals surface area (Å²) in [7, 11) is 2.64. The molecule has 2 aliphatic carbocycles. The predicted octanol–water partition coefficient (Wildman–Crippen LogP) is 6.40. The highest BCUT2D eigenvalue weighted by Crippen LogP contribution is 2.64. The van der Waals surface area contributed by atoms with E-state index in [1.165, 1.54) is 14.2 Å². The number of H-pyrrole nitrogens is 2. The number of hydrogen-bond donors (Lipinski definition) is 4. The Morgan fingerprint density at radius 3 is 1.74 bits per heavy atom. The molecule has 4 amide bonds. The summed E-state index contributed by atoms with van der Waals surface area (Å²) in [6, 6.07) is 14.4. The summed E-state index contributed by atoms with van der Waals surface area (Å²) in [6.07, 6.45) is 4.95. The van der Waals surface area contributed by atoms with Crippen LogP contribution < -0.4 is 10.6 Å². The zero-order valence-corrected chi connectivity index (χ0v) is 37.8. The molecule has 11 rings (SSSR count). The van der Waals surface area contributed by atoms with Crippen molar-refractivity contribution in [1.29, 1.82) is 0 Å². The zero-order chi connectivity index (χ0) is 45.5. The fraction of sp³-hybridized carbons (Fsp3) is 0.520. The summed E-state index contributed by atoms with van der Waals surface area (Å²) < 4.78 is 21.1. The van der Waals surface area contributed by atoms with Crippen molar-refractivity contribution in [3.8, 4) is 11.8 Å². The summed E-state index contributed by atoms with van der Waals surface area (Å²) in [5, 5.41) is 7.76. The van der Waals surface area contributed by atoms with E-state index in [0.29, 0.717) is 52.1 Å². The number of likely N-dealkylation sites (tertiary alicyclic amines) is 2. The number of nitrogens with zero attached hydrogens (tertiary/aromatic N) is 4. The molecule has 4 aliphatic heterocycles. The topological polar surface area (TPSA) is 193 Å². The molecule has 3 aromatic carbocycles. The number of methoxy groups -OCH3 is 2. The van der Waals surface area contributed by atoms with Crippen LogP contribution in [-0.4, -0.2) is 119 Å². The first-order chi connectivity index (χ1) is 31.9. The number of imidazole rings is 2. The van der Waals surface area contributed by atoms with Crippen LogP contribution in [0.4, 0.5) is 9.59 Å². The van der Waals surface area contributed by atoms with Crippen LogP contribution in [0.15, 0.2) is 48.5 Å². The van der Waals surface area contributed by atoms with E-state index >= 15 is 0 Å². The van der Waals surface area contributed by atoms with Crippen molar-refractivity contribution >= 4 is 56.8 Å². The Morgan fingerprint density at radius 1 is 0.682 bits per heavy atom. The Kier molecular flexibility index (Phi) is 10.5. The van der Waals surface area contributed by atoms with Gasteiger partial charge < -0.3 is 49.3 Å². The van der Waals surface area contributed by atoms with Crippen LogP contribution in [-0.2, 0) is 28.5 Å². The lowest BCUT2D eigenvalue weighted by molar-refractivity contribution is -0.138. The van der Waals surface area contributed by atoms with Gasteiger partial charge in [0.25, 0.3) is 0 Å². The number of hydrogen-bond acceptors (Lipinski definition) is 10. The lowest BCUT2D eigenvalue weighted by Gasteiger charge is -2.35. The van der Waals surface area contributed by atoms with E-state index in [0.717, 1.165) is 81.3 Å². The monoisotopic (exact) mass is 896 g/mol. The van der Waals surface area contributed by atoms with E-state index in [-0.39, 0.29) is 58.6 Å². The van der Waals surface area contributed by atoms with Gasteiger partial charge in [-0.3, -0.25) is 9.59 Å². The quantitative estimate of drug-likeness (QED) is 0.127. The number of carbonyl (C=O) groups excluding carboxylic acids is 4. The van der Waals surface area contributed by atoms with Crippen LogP contribution >= 0.6 is 0 Å². The average molecular weight is 897 g/mol. The Hall–Kier alpha value is -6.18. The maximum absolute atomic E-state index is 14.5. The SMILES string of the molecule is COC(=O)N[C@H](C(=O)N1C2C[C@]2(C)C[C@H]1c1nc2ccc(C#Cc3ccc4c(ccc5nc([C@@H]6C[C@@]7(C)CC7N6C(=O)[C@@H](NC(=O)OC)C6CCOCC6)[nH]c54)c3)cc2[nH]1)C1CCOCC1. The second-order valence-electron chi connectivity index (χ2n) is 19.9. The van der Waals surface area contributed by atoms with E-state index < -0.39 is 24.3 Å². The summed E-state index contributed by atoms with van der Waals surface area (Å²) >= 11 is 0. The third-order valence-electron chi connectivity index (χ3n) is 15.7. The Bertz CT molecular complexity index is 2840. The first-order valence-electron chi connectivity index (χ1n) is 23.4. The number of benzene rings is 3. The van der Waals surface area contributed by atoms with Gasteiger partial charge in [-0.05, 0) is 116 Å². The number of ether oxygens (including phenoxy) is 4. The van der Waals surface area contributed by atoms with Crippen molar-refractivity contribution in [3.63, 3.8) is 0 Å². The van der Waals surface area contributed by atoms with Crippen LogP contribution in [0, 0.1) is 34.5 Å². The highest BCUT2D eigenvalue weighted by Gasteiger charge is 2.65. The smallest absolute Gasteiger partial charge is 0.407 e. The largest absolute Gasteiger partial charge is 0.453 e. The van der Waals surface area contributed by atoms with Gasteiger partial charge in [0.15, 0.2) is 0 Å². The molecule has 0 radical (unpaired) electrons. The van der Waals surface area contributed by atoms with Crippen LogP contribution in [0.3, 0.4) is 0 Å². The van der Waals surface area contributed by atoms with Crippen molar-refractivity contribution in [2.45, 2.75) is 101 Å². The van der Waals surface area contributed by atoms with Gasteiger partial charge in [-0.1, -0.05) is 37.8 Å². The molecular formula is C50H56N8O8. The minimum atomic E-state index is -0.704. The summed E-state index contributed by atoms with van der Waals surface area (Å²) in [6.45, 7) is 6.67. The van der Waals surface area contributed by atoms with Crippen molar-refractivity contribution in [1.82, 2.24) is 40.4 Å². The molecule has 0 spiro atoms. The van der Waals surface area contributed by atoms with Crippen LogP contribution in [0.5, 0.6) is 0 Å². The predicted molar refractivity (Wildman–Crippen MR) is 243 cm³/mol. The van der Waals surface area contributed by atoms with Crippen LogP contribution in [0.1, 0.15) is 100 Å². The number of alkyl carbamates (subject to hydrolysis) is 2. The molecule has 2 unspecified atom stereocenters. The molecule has 6 fully saturated rings. The molecule has 8 atom stereocenters. The van der Waals surface area contributed by atoms with Gasteiger partial charge in [0.05, 0.1) is 48.4 Å². The molecule has 2 saturated carbocycles. The fourth-order valence-electron chi connectivity index (χ4n) is 11.7. The number of aromatic nitrogens is 4. The number of piperidine rings is 2. The van der Waals surface area contributed by atoms with Crippen LogP contribution in [0.2, 0.25) is 0 Å². The van der Waals surface area contributed by atoms with E-state index in [4.69, 9.17) is 28.9 Å². The highest BCUT2D eigenvalue weighted by atomic mass is 16.5. The molecule has 16 nitrogen and oxygen atoms in total. The van der Waals surface area contributed by atoms with Crippen molar-refractivity contribution in [2.24, 2.45) is 22.7 Å². The number of amides is 4. The second-order valence-corrected chi connectivity index (χ2v) is 19.9. The minimum Gasteiger partial charge on any atom is -0.453 e. The Balaban J connectivity index is 0.827. The van der Waals surface area contributed by atoms with E-state index in [2.05, 4.69) is 64.5 Å². The standard InChI is InChI=1S/C50H56N8O8/c1-49-23-36(57(38(49)25-49)45(59)40(55-47(61)63-3)29-13-17-65-18-14-29)43-51-33-11-8-28(22-35(33)53-43)6-5-27-7-10-32-31(21-27)9-12-34-42(32)54-44(52-34)37-24-50(2)26-39(50)58(37)46(60)41(56-48(62)64-4)30-15-19-66-20-16-30/h7-12,21-22,29-30,36-41H,13-20,23-26H2,1-4H3,(H,51,53)(H,52,54)(H,55,61)(H,56,62)/t36-,37-,38?,39?,40-,41-,49-,50-/m0/s1. The average Bonchev–Trinajstić information content (AvgIpc) is 3.81. The van der Waals surface area contributed by atoms with Gasteiger partial charge in [-0.2, -0.15) is 0 Å². The maximum Gasteiger partial charge on any atom is 0.407 e. The maximum atomic E-state index is 14.5. The molecule has 6 aliphatic rings. The van der Waals surface area contributed by atoms with Gasteiger partial charge in [-0.25, -0.2) is 19.6 Å². The number of fused-ring (bicyclic) bond motifs is 6. The van der Waals surface area contributed by atoms with Gasteiger partial charge in [0, 0.05) is 55.0 Å². The van der Waals surface area contributed by atoms with Gasteiger partial charge >= 0.3 is 12.2 Å². The lowest BCUT2D eigenvalue weighted by Crippen LogP contribution is -2.54. The van der Waals surface area contributed by atoms with Crippen LogP contribution in [0.25, 0.3) is 32.8 Å². The van der Waals surface area contributed by atoms with Crippen molar-refractivity contribution in [3.05, 3.63) is 71.3 Å². The first-order valence-corrected chi connectivity index (χ1v) is 23.4. The molecule has 66 heavy (non-hydrogen) atoms. The van der Waals surface area contributed by atoms with E-state index in [1.54, 1.807) is 0 Å². The third-order valence-corrected chi connectivity index (χ3v) is 15.7. The summed E-state index contributed by atoms with van der Waals surface area (Å²) in [5.74, 6) is 7.92. The second kappa shape index (κ2) is 16.3. The van der Waals surface area contributed by atoms with Gasteiger partial charge in [0.1, 0.15) is 23.7 Å². The number of carbonyl (C=O) groups is 4. The molecular weight excluding hydrogens is 841 g/mol. The molecule has 344 valence electrons. The molecule has 2 aromatic heterocycles. The Labute approximate surface area is 382 Å². The lowest BCUT2D eigenvalue weighted by atomic mass is 9.90. The first kappa shape index (κ1) is 42.5. The van der Waals surface area contributed by atoms with Gasteiger partial charge in [0.2, 0.25) is 11.8 Å². The molecule has 0 bridgehead atoms. The summed E-state index contributed by atoms with van der Waals surface area (Å²) in [5.41, 5.74) is 5.05. The van der Waals surface area contributed by atoms with Gasteiger partial charge in [-0.15, -0.1) is 0 Å². The van der Waals surface area contributed by atoms with Crippen molar-refractivity contribution in [2.75, 3.05) is 40.6 Å². The molecule has 4 saturated heterocycles. The molecule has 16 heteroatoms. The van der Waals surface area contributed by atoms with Crippen molar-refractivity contribution < 1.29 is 38.1 Å². The molecule has 4 N–H and O–H groups in total. The number of aromatic amines is 2. The molecule has 5 aromatic rings. The summed E-state index contributed by atoms with van der Waals surface area (Å²) in [4.78, 5) is 75.0. The number of rotatable bonds is 8. The van der Waals surface area contributed by atoms with E-state index in [9.17, 15) is 19.2 Å². The zero-order valence-electron chi connectivity index (χ0n) is 37.8. The van der Waals surface area contributed by atoms with E-state index in [1.807, 2.05) is 40.1 Å². The number of nitrogens with one attached hydrogen (secondary N) is 4.